The predicted molar refractivity (Wildman–Crippen MR) is 96.8 cm³/mol. The Morgan fingerprint density at radius 1 is 1.30 bits per heavy atom. The Morgan fingerprint density at radius 2 is 1.96 bits per heavy atom. The highest BCUT2D eigenvalue weighted by molar-refractivity contribution is 6.31. The fraction of sp³-hybridized carbons (Fsp3) is 0.526. The first-order chi connectivity index (χ1) is 12.7. The predicted octanol–water partition coefficient (Wildman–Crippen LogP) is 2.34. The summed E-state index contributed by atoms with van der Waals surface area (Å²) in [6.07, 6.45) is 1.84. The van der Waals surface area contributed by atoms with Crippen LogP contribution in [0.4, 0.5) is 4.39 Å². The lowest BCUT2D eigenvalue weighted by Gasteiger charge is -2.39. The van der Waals surface area contributed by atoms with Gasteiger partial charge in [-0.3, -0.25) is 9.59 Å². The molecule has 0 aliphatic carbocycles. The average molecular weight is 397 g/mol. The molecule has 1 aromatic carbocycles. The molecule has 2 amide bonds. The van der Waals surface area contributed by atoms with Crippen LogP contribution in [0.1, 0.15) is 31.7 Å². The highest BCUT2D eigenvalue weighted by atomic mass is 35.5. The van der Waals surface area contributed by atoms with Gasteiger partial charge in [-0.15, -0.1) is 0 Å². The van der Waals surface area contributed by atoms with Gasteiger partial charge in [0.2, 0.25) is 11.8 Å². The number of likely N-dealkylation sites (tertiary alicyclic amines) is 2. The molecule has 1 spiro atoms. The van der Waals surface area contributed by atoms with Crippen molar-refractivity contribution in [3.05, 3.63) is 34.6 Å². The molecule has 0 bridgehead atoms. The molecule has 6 nitrogen and oxygen atoms in total. The van der Waals surface area contributed by atoms with E-state index in [9.17, 15) is 23.9 Å². The number of hydrogen-bond donors (Lipinski definition) is 1. The summed E-state index contributed by atoms with van der Waals surface area (Å²) in [5.41, 5.74) is 0.330. The summed E-state index contributed by atoms with van der Waals surface area (Å²) in [4.78, 5) is 39.0. The molecule has 0 aromatic heterocycles. The van der Waals surface area contributed by atoms with Gasteiger partial charge < -0.3 is 14.9 Å². The van der Waals surface area contributed by atoms with E-state index in [4.69, 9.17) is 11.6 Å². The maximum Gasteiger partial charge on any atom is 0.326 e. The Morgan fingerprint density at radius 3 is 2.48 bits per heavy atom. The zero-order chi connectivity index (χ0) is 19.8. The number of benzene rings is 1. The highest BCUT2D eigenvalue weighted by Crippen LogP contribution is 2.43. The minimum Gasteiger partial charge on any atom is -0.480 e. The first-order valence-electron chi connectivity index (χ1n) is 8.92. The minimum absolute atomic E-state index is 0.0884. The number of carbonyl (C=O) groups excluding carboxylic acids is 2. The first-order valence-corrected chi connectivity index (χ1v) is 9.30. The molecule has 1 atom stereocenters. The van der Waals surface area contributed by atoms with Crippen LogP contribution >= 0.6 is 11.6 Å². The third kappa shape index (κ3) is 4.08. The summed E-state index contributed by atoms with van der Waals surface area (Å²) in [5, 5.41) is 9.63. The van der Waals surface area contributed by atoms with Crippen molar-refractivity contribution in [3.63, 3.8) is 0 Å². The molecule has 8 heteroatoms. The molecule has 146 valence electrons. The fourth-order valence-electron chi connectivity index (χ4n) is 4.14. The van der Waals surface area contributed by atoms with Crippen molar-refractivity contribution < 1.29 is 23.9 Å². The van der Waals surface area contributed by atoms with Gasteiger partial charge in [-0.05, 0) is 42.4 Å². The smallest absolute Gasteiger partial charge is 0.326 e. The standard InChI is InChI=1S/C19H22ClFN2O4/c1-12(24)23-11-19(10-16(23)18(26)27)4-6-22(7-5-19)17(25)8-13-2-3-14(21)9-15(13)20/h2-3,9,16H,4-8,10-11H2,1H3,(H,26,27)/t16-/m0/s1. The van der Waals surface area contributed by atoms with Crippen LogP contribution in [0.3, 0.4) is 0 Å². The summed E-state index contributed by atoms with van der Waals surface area (Å²) in [5.74, 6) is -1.75. The molecular formula is C19H22ClFN2O4. The van der Waals surface area contributed by atoms with E-state index in [1.165, 1.54) is 30.0 Å². The van der Waals surface area contributed by atoms with Crippen LogP contribution in [0.5, 0.6) is 0 Å². The molecule has 0 unspecified atom stereocenters. The third-order valence-corrected chi connectivity index (χ3v) is 6.08. The van der Waals surface area contributed by atoms with Crippen LogP contribution in [0.2, 0.25) is 5.02 Å². The summed E-state index contributed by atoms with van der Waals surface area (Å²) in [7, 11) is 0. The highest BCUT2D eigenvalue weighted by Gasteiger charge is 2.49. The number of rotatable bonds is 3. The molecule has 2 aliphatic rings. The third-order valence-electron chi connectivity index (χ3n) is 5.73. The Labute approximate surface area is 161 Å². The topological polar surface area (TPSA) is 77.9 Å². The van der Waals surface area contributed by atoms with Crippen LogP contribution in [-0.2, 0) is 20.8 Å². The van der Waals surface area contributed by atoms with Crippen LogP contribution < -0.4 is 0 Å². The van der Waals surface area contributed by atoms with Gasteiger partial charge in [-0.1, -0.05) is 17.7 Å². The number of carboxylic acids is 1. The Kier molecular flexibility index (Phi) is 5.42. The van der Waals surface area contributed by atoms with E-state index in [0.29, 0.717) is 44.5 Å². The van der Waals surface area contributed by atoms with E-state index in [-0.39, 0.29) is 28.7 Å². The number of hydrogen-bond acceptors (Lipinski definition) is 3. The zero-order valence-corrected chi connectivity index (χ0v) is 15.8. The van der Waals surface area contributed by atoms with E-state index in [2.05, 4.69) is 0 Å². The minimum atomic E-state index is -0.980. The number of piperidine rings is 1. The van der Waals surface area contributed by atoms with Crippen molar-refractivity contribution in [2.45, 2.75) is 38.6 Å². The van der Waals surface area contributed by atoms with Crippen molar-refractivity contribution in [1.82, 2.24) is 9.80 Å². The first kappa shape index (κ1) is 19.6. The van der Waals surface area contributed by atoms with E-state index in [1.807, 2.05) is 0 Å². The van der Waals surface area contributed by atoms with E-state index < -0.39 is 17.8 Å². The molecule has 2 aliphatic heterocycles. The van der Waals surface area contributed by atoms with Gasteiger partial charge in [-0.2, -0.15) is 0 Å². The Balaban J connectivity index is 1.62. The van der Waals surface area contributed by atoms with Crippen LogP contribution in [0.15, 0.2) is 18.2 Å². The zero-order valence-electron chi connectivity index (χ0n) is 15.1. The van der Waals surface area contributed by atoms with E-state index in [0.717, 1.165) is 0 Å². The molecule has 2 fully saturated rings. The summed E-state index contributed by atoms with van der Waals surface area (Å²) < 4.78 is 13.1. The lowest BCUT2D eigenvalue weighted by Crippen LogP contribution is -2.45. The maximum absolute atomic E-state index is 13.1. The lowest BCUT2D eigenvalue weighted by atomic mass is 9.76. The van der Waals surface area contributed by atoms with Crippen molar-refractivity contribution in [2.75, 3.05) is 19.6 Å². The number of halogens is 2. The van der Waals surface area contributed by atoms with Gasteiger partial charge in [0.25, 0.3) is 0 Å². The molecule has 1 aromatic rings. The summed E-state index contributed by atoms with van der Waals surface area (Å²) >= 11 is 6.00. The van der Waals surface area contributed by atoms with Gasteiger partial charge in [-0.25, -0.2) is 9.18 Å². The summed E-state index contributed by atoms with van der Waals surface area (Å²) in [6, 6.07) is 3.19. The van der Waals surface area contributed by atoms with E-state index >= 15 is 0 Å². The van der Waals surface area contributed by atoms with Gasteiger partial charge >= 0.3 is 5.97 Å². The van der Waals surface area contributed by atoms with Crippen molar-refractivity contribution in [1.29, 1.82) is 0 Å². The number of carboxylic acid groups (broad SMARTS) is 1. The van der Waals surface area contributed by atoms with E-state index in [1.54, 1.807) is 4.90 Å². The summed E-state index contributed by atoms with van der Waals surface area (Å²) in [6.45, 7) is 2.83. The Hall–Kier alpha value is -2.15. The number of carbonyl (C=O) groups is 3. The molecule has 0 saturated carbocycles. The maximum atomic E-state index is 13.1. The number of amides is 2. The fourth-order valence-corrected chi connectivity index (χ4v) is 4.37. The second kappa shape index (κ2) is 7.46. The molecule has 27 heavy (non-hydrogen) atoms. The van der Waals surface area contributed by atoms with Gasteiger partial charge in [0, 0.05) is 31.6 Å². The SMILES string of the molecule is CC(=O)N1CC2(CCN(C(=O)Cc3ccc(F)cc3Cl)CC2)C[C@H]1C(=O)O. The van der Waals surface area contributed by atoms with Crippen molar-refractivity contribution in [2.24, 2.45) is 5.41 Å². The quantitative estimate of drug-likeness (QED) is 0.850. The van der Waals surface area contributed by atoms with Crippen molar-refractivity contribution >= 4 is 29.4 Å². The van der Waals surface area contributed by atoms with Crippen LogP contribution in [-0.4, -0.2) is 58.4 Å². The number of nitrogens with zero attached hydrogens (tertiary/aromatic N) is 2. The number of aliphatic carboxylic acids is 1. The molecule has 2 saturated heterocycles. The molecule has 0 radical (unpaired) electrons. The second-order valence-corrected chi connectivity index (χ2v) is 7.91. The monoisotopic (exact) mass is 396 g/mol. The van der Waals surface area contributed by atoms with Gasteiger partial charge in [0.05, 0.1) is 6.42 Å². The largest absolute Gasteiger partial charge is 0.480 e. The molecule has 2 heterocycles. The van der Waals surface area contributed by atoms with Gasteiger partial charge in [0.1, 0.15) is 11.9 Å². The molecular weight excluding hydrogens is 375 g/mol. The van der Waals surface area contributed by atoms with Crippen LogP contribution in [0, 0.1) is 11.2 Å². The normalized spacial score (nSPS) is 21.5. The molecule has 1 N–H and O–H groups in total. The molecule has 3 rings (SSSR count). The van der Waals surface area contributed by atoms with Crippen molar-refractivity contribution in [3.8, 4) is 0 Å². The second-order valence-electron chi connectivity index (χ2n) is 7.50. The average Bonchev–Trinajstić information content (AvgIpc) is 2.98. The lowest BCUT2D eigenvalue weighted by molar-refractivity contribution is -0.147. The Bertz CT molecular complexity index is 753. The van der Waals surface area contributed by atoms with Crippen LogP contribution in [0.25, 0.3) is 0 Å². The van der Waals surface area contributed by atoms with Gasteiger partial charge in [0.15, 0.2) is 0 Å².